The van der Waals surface area contributed by atoms with Crippen molar-refractivity contribution in [1.29, 1.82) is 0 Å². The molecule has 4 heteroatoms. The van der Waals surface area contributed by atoms with Crippen LogP contribution in [0.3, 0.4) is 0 Å². The third kappa shape index (κ3) is 3.60. The quantitative estimate of drug-likeness (QED) is 0.890. The fourth-order valence-corrected chi connectivity index (χ4v) is 3.67. The third-order valence-corrected chi connectivity index (χ3v) is 4.76. The molecule has 1 saturated heterocycles. The van der Waals surface area contributed by atoms with E-state index >= 15 is 0 Å². The minimum Gasteiger partial charge on any atom is -0.319 e. The van der Waals surface area contributed by atoms with Crippen molar-refractivity contribution in [3.63, 3.8) is 0 Å². The van der Waals surface area contributed by atoms with Crippen LogP contribution in [0, 0.1) is 11.7 Å². The van der Waals surface area contributed by atoms with Crippen molar-refractivity contribution in [3.05, 3.63) is 34.1 Å². The Kier molecular flexibility index (Phi) is 6.00. The largest absolute Gasteiger partial charge is 0.319 e. The molecule has 0 amide bonds. The van der Waals surface area contributed by atoms with Crippen LogP contribution in [-0.4, -0.2) is 31.6 Å². The molecule has 0 bridgehead atoms. The van der Waals surface area contributed by atoms with E-state index in [1.165, 1.54) is 12.8 Å². The highest BCUT2D eigenvalue weighted by atomic mass is 79.9. The Morgan fingerprint density at radius 2 is 2.20 bits per heavy atom. The predicted octanol–water partition coefficient (Wildman–Crippen LogP) is 3.97. The molecule has 0 saturated carbocycles. The van der Waals surface area contributed by atoms with E-state index in [9.17, 15) is 4.39 Å². The molecule has 1 heterocycles. The molecule has 1 fully saturated rings. The molecule has 0 aliphatic carbocycles. The molecular weight excluding hydrogens is 319 g/mol. The van der Waals surface area contributed by atoms with Gasteiger partial charge in [-0.05, 0) is 57.6 Å². The van der Waals surface area contributed by atoms with Gasteiger partial charge in [0.2, 0.25) is 0 Å². The standard InChI is InChI=1S/C16H24BrFN2/c1-3-20-9-5-4-6-12(11-19-2)16(20)14-8-7-13(17)10-15(14)18/h7-8,10,12,16,19H,3-6,9,11H2,1-2H3. The summed E-state index contributed by atoms with van der Waals surface area (Å²) in [5.74, 6) is 0.379. The first-order valence-electron chi connectivity index (χ1n) is 7.51. The molecule has 0 aromatic heterocycles. The molecule has 1 N–H and O–H groups in total. The van der Waals surface area contributed by atoms with Crippen LogP contribution in [0.5, 0.6) is 0 Å². The van der Waals surface area contributed by atoms with Gasteiger partial charge in [0, 0.05) is 16.1 Å². The smallest absolute Gasteiger partial charge is 0.129 e. The molecule has 1 aromatic rings. The summed E-state index contributed by atoms with van der Waals surface area (Å²) in [6, 6.07) is 5.67. The lowest BCUT2D eigenvalue weighted by atomic mass is 9.88. The number of halogens is 2. The second kappa shape index (κ2) is 7.53. The molecule has 2 nitrogen and oxygen atoms in total. The Balaban J connectivity index is 2.37. The van der Waals surface area contributed by atoms with Gasteiger partial charge < -0.3 is 5.32 Å². The predicted molar refractivity (Wildman–Crippen MR) is 85.4 cm³/mol. The van der Waals surface area contributed by atoms with Crippen LogP contribution in [0.1, 0.15) is 37.8 Å². The van der Waals surface area contributed by atoms with Crippen LogP contribution < -0.4 is 5.32 Å². The minimum atomic E-state index is -0.0918. The minimum absolute atomic E-state index is 0.0918. The number of benzene rings is 1. The zero-order chi connectivity index (χ0) is 14.5. The van der Waals surface area contributed by atoms with Gasteiger partial charge in [-0.3, -0.25) is 4.90 Å². The van der Waals surface area contributed by atoms with Crippen LogP contribution in [-0.2, 0) is 0 Å². The summed E-state index contributed by atoms with van der Waals surface area (Å²) in [6.07, 6.45) is 3.61. The maximum Gasteiger partial charge on any atom is 0.129 e. The lowest BCUT2D eigenvalue weighted by Gasteiger charge is -2.35. The molecule has 2 rings (SSSR count). The summed E-state index contributed by atoms with van der Waals surface area (Å²) in [6.45, 7) is 5.15. The van der Waals surface area contributed by atoms with Crippen molar-refractivity contribution in [2.24, 2.45) is 5.92 Å². The van der Waals surface area contributed by atoms with Gasteiger partial charge in [-0.1, -0.05) is 35.3 Å². The first kappa shape index (κ1) is 15.9. The molecule has 0 radical (unpaired) electrons. The van der Waals surface area contributed by atoms with Crippen LogP contribution in [0.25, 0.3) is 0 Å². The summed E-state index contributed by atoms with van der Waals surface area (Å²) < 4.78 is 15.2. The monoisotopic (exact) mass is 342 g/mol. The number of hydrogen-bond acceptors (Lipinski definition) is 2. The van der Waals surface area contributed by atoms with Crippen LogP contribution in [0.15, 0.2) is 22.7 Å². The maximum atomic E-state index is 14.4. The highest BCUT2D eigenvalue weighted by Crippen LogP contribution is 2.36. The molecule has 20 heavy (non-hydrogen) atoms. The van der Waals surface area contributed by atoms with E-state index < -0.39 is 0 Å². The number of nitrogens with one attached hydrogen (secondary N) is 1. The van der Waals surface area contributed by atoms with E-state index in [1.54, 1.807) is 6.07 Å². The molecule has 1 aliphatic rings. The third-order valence-electron chi connectivity index (χ3n) is 4.26. The van der Waals surface area contributed by atoms with E-state index in [1.807, 2.05) is 19.2 Å². The number of hydrogen-bond donors (Lipinski definition) is 1. The Bertz CT molecular complexity index is 438. The Morgan fingerprint density at radius 1 is 1.40 bits per heavy atom. The van der Waals surface area contributed by atoms with Gasteiger partial charge in [0.25, 0.3) is 0 Å². The number of nitrogens with zero attached hydrogens (tertiary/aromatic N) is 1. The van der Waals surface area contributed by atoms with Gasteiger partial charge in [0.05, 0.1) is 0 Å². The molecule has 0 spiro atoms. The van der Waals surface area contributed by atoms with Crippen molar-refractivity contribution in [2.45, 2.75) is 32.2 Å². The maximum absolute atomic E-state index is 14.4. The van der Waals surface area contributed by atoms with E-state index in [0.717, 1.165) is 36.1 Å². The molecular formula is C16H24BrFN2. The Morgan fingerprint density at radius 3 is 2.85 bits per heavy atom. The van der Waals surface area contributed by atoms with E-state index in [4.69, 9.17) is 0 Å². The van der Waals surface area contributed by atoms with Gasteiger partial charge in [-0.15, -0.1) is 0 Å². The normalized spacial score (nSPS) is 24.6. The van der Waals surface area contributed by atoms with Crippen LogP contribution in [0.4, 0.5) is 4.39 Å². The van der Waals surface area contributed by atoms with Crippen molar-refractivity contribution < 1.29 is 4.39 Å². The van der Waals surface area contributed by atoms with E-state index in [0.29, 0.717) is 5.92 Å². The summed E-state index contributed by atoms with van der Waals surface area (Å²) >= 11 is 3.35. The first-order valence-corrected chi connectivity index (χ1v) is 8.30. The first-order chi connectivity index (χ1) is 9.67. The fourth-order valence-electron chi connectivity index (χ4n) is 3.34. The Labute approximate surface area is 129 Å². The van der Waals surface area contributed by atoms with Crippen LogP contribution in [0.2, 0.25) is 0 Å². The van der Waals surface area contributed by atoms with Crippen molar-refractivity contribution in [2.75, 3.05) is 26.7 Å². The lowest BCUT2D eigenvalue weighted by Crippen LogP contribution is -2.36. The highest BCUT2D eigenvalue weighted by molar-refractivity contribution is 9.10. The summed E-state index contributed by atoms with van der Waals surface area (Å²) in [4.78, 5) is 2.43. The van der Waals surface area contributed by atoms with Crippen LogP contribution >= 0.6 is 15.9 Å². The lowest BCUT2D eigenvalue weighted by molar-refractivity contribution is 0.158. The fraction of sp³-hybridized carbons (Fsp3) is 0.625. The topological polar surface area (TPSA) is 15.3 Å². The van der Waals surface area contributed by atoms with Gasteiger partial charge in [0.1, 0.15) is 5.82 Å². The van der Waals surface area contributed by atoms with Gasteiger partial charge >= 0.3 is 0 Å². The summed E-state index contributed by atoms with van der Waals surface area (Å²) in [7, 11) is 1.98. The second-order valence-corrected chi connectivity index (χ2v) is 6.47. The van der Waals surface area contributed by atoms with Gasteiger partial charge in [0.15, 0.2) is 0 Å². The zero-order valence-corrected chi connectivity index (χ0v) is 13.9. The molecule has 1 aliphatic heterocycles. The molecule has 112 valence electrons. The molecule has 1 aromatic carbocycles. The molecule has 2 unspecified atom stereocenters. The van der Waals surface area contributed by atoms with Gasteiger partial charge in [-0.25, -0.2) is 4.39 Å². The SMILES string of the molecule is CCN1CCCCC(CNC)C1c1ccc(Br)cc1F. The Hall–Kier alpha value is -0.450. The van der Waals surface area contributed by atoms with E-state index in [2.05, 4.69) is 33.1 Å². The highest BCUT2D eigenvalue weighted by Gasteiger charge is 2.31. The second-order valence-electron chi connectivity index (χ2n) is 5.55. The summed E-state index contributed by atoms with van der Waals surface area (Å²) in [5.41, 5.74) is 0.845. The summed E-state index contributed by atoms with van der Waals surface area (Å²) in [5, 5.41) is 3.28. The average molecular weight is 343 g/mol. The van der Waals surface area contributed by atoms with Gasteiger partial charge in [-0.2, -0.15) is 0 Å². The van der Waals surface area contributed by atoms with E-state index in [-0.39, 0.29) is 11.9 Å². The van der Waals surface area contributed by atoms with Crippen molar-refractivity contribution in [3.8, 4) is 0 Å². The number of likely N-dealkylation sites (tertiary alicyclic amines) is 1. The average Bonchev–Trinajstić information content (AvgIpc) is 2.62. The number of rotatable bonds is 4. The van der Waals surface area contributed by atoms with Crippen molar-refractivity contribution >= 4 is 15.9 Å². The zero-order valence-electron chi connectivity index (χ0n) is 12.3. The van der Waals surface area contributed by atoms with Crippen molar-refractivity contribution in [1.82, 2.24) is 10.2 Å². The molecule has 2 atom stereocenters.